The van der Waals surface area contributed by atoms with E-state index in [1.807, 2.05) is 31.3 Å². The number of rotatable bonds is 4. The van der Waals surface area contributed by atoms with Crippen molar-refractivity contribution in [2.24, 2.45) is 5.73 Å². The molecule has 0 amide bonds. The summed E-state index contributed by atoms with van der Waals surface area (Å²) in [6.45, 7) is 2.04. The minimum Gasteiger partial charge on any atom is -0.323 e. The van der Waals surface area contributed by atoms with Crippen LogP contribution in [0.15, 0.2) is 46.3 Å². The fourth-order valence-electron chi connectivity index (χ4n) is 1.56. The van der Waals surface area contributed by atoms with E-state index < -0.39 is 0 Å². The van der Waals surface area contributed by atoms with Gasteiger partial charge in [0.2, 0.25) is 0 Å². The van der Waals surface area contributed by atoms with Crippen molar-refractivity contribution in [1.29, 1.82) is 0 Å². The molecule has 2 rings (SSSR count). The van der Waals surface area contributed by atoms with Gasteiger partial charge in [0.05, 0.1) is 10.7 Å². The van der Waals surface area contributed by atoms with E-state index in [0.717, 1.165) is 21.9 Å². The minimum absolute atomic E-state index is 0.00573. The molecule has 100 valence electrons. The van der Waals surface area contributed by atoms with Crippen LogP contribution < -0.4 is 5.73 Å². The first-order chi connectivity index (χ1) is 9.10. The Morgan fingerprint density at radius 3 is 2.68 bits per heavy atom. The molecule has 0 spiro atoms. The predicted octanol–water partition coefficient (Wildman–Crippen LogP) is 4.95. The summed E-state index contributed by atoms with van der Waals surface area (Å²) < 4.78 is 0. The maximum atomic E-state index is 6.13. The van der Waals surface area contributed by atoms with Gasteiger partial charge in [0.25, 0.3) is 0 Å². The number of hydrogen-bond donors (Lipinski definition) is 1. The lowest BCUT2D eigenvalue weighted by atomic mass is 10.1. The third-order valence-electron chi connectivity index (χ3n) is 2.70. The molecule has 5 heteroatoms. The van der Waals surface area contributed by atoms with Crippen molar-refractivity contribution in [3.8, 4) is 0 Å². The first-order valence-electron chi connectivity index (χ1n) is 5.94. The molecular weight excluding hydrogens is 299 g/mol. The van der Waals surface area contributed by atoms with Crippen LogP contribution in [0, 0.1) is 0 Å². The van der Waals surface area contributed by atoms with Crippen LogP contribution in [0.3, 0.4) is 0 Å². The highest BCUT2D eigenvalue weighted by Crippen LogP contribution is 2.34. The molecule has 2 nitrogen and oxygen atoms in total. The molecule has 2 aromatic rings. The van der Waals surface area contributed by atoms with Crippen molar-refractivity contribution in [2.45, 2.75) is 29.2 Å². The van der Waals surface area contributed by atoms with Crippen LogP contribution >= 0.6 is 35.0 Å². The third-order valence-corrected chi connectivity index (χ3v) is 4.41. The van der Waals surface area contributed by atoms with Crippen LogP contribution in [0.4, 0.5) is 0 Å². The van der Waals surface area contributed by atoms with E-state index in [0.29, 0.717) is 10.0 Å². The van der Waals surface area contributed by atoms with Gasteiger partial charge >= 0.3 is 0 Å². The number of benzene rings is 1. The summed E-state index contributed by atoms with van der Waals surface area (Å²) in [7, 11) is 0. The maximum Gasteiger partial charge on any atom is 0.0571 e. The van der Waals surface area contributed by atoms with Crippen molar-refractivity contribution in [3.05, 3.63) is 52.3 Å². The fourth-order valence-corrected chi connectivity index (χ4v) is 2.88. The average molecular weight is 313 g/mol. The second-order valence-corrected chi connectivity index (χ2v) is 6.07. The number of aromatic nitrogens is 1. The van der Waals surface area contributed by atoms with Crippen LogP contribution in [0.25, 0.3) is 0 Å². The van der Waals surface area contributed by atoms with Crippen LogP contribution in [0.5, 0.6) is 0 Å². The molecule has 19 heavy (non-hydrogen) atoms. The molecule has 0 aliphatic rings. The molecule has 1 atom stereocenters. The summed E-state index contributed by atoms with van der Waals surface area (Å²) in [5.41, 5.74) is 6.84. The Balaban J connectivity index is 2.17. The van der Waals surface area contributed by atoms with Crippen molar-refractivity contribution in [1.82, 2.24) is 4.98 Å². The number of pyridine rings is 1. The van der Waals surface area contributed by atoms with Gasteiger partial charge in [-0.25, -0.2) is 0 Å². The largest absolute Gasteiger partial charge is 0.323 e. The first-order valence-corrected chi connectivity index (χ1v) is 7.52. The van der Waals surface area contributed by atoms with E-state index in [1.54, 1.807) is 12.1 Å². The quantitative estimate of drug-likeness (QED) is 0.868. The second kappa shape index (κ2) is 6.62. The maximum absolute atomic E-state index is 6.13. The van der Waals surface area contributed by atoms with E-state index in [1.165, 1.54) is 11.8 Å². The molecule has 0 saturated carbocycles. The molecule has 1 aromatic carbocycles. The molecule has 0 aliphatic heterocycles. The fraction of sp³-hybridized carbons (Fsp3) is 0.214. The van der Waals surface area contributed by atoms with Gasteiger partial charge in [0, 0.05) is 27.1 Å². The molecule has 0 aliphatic carbocycles. The number of halogens is 2. The smallest absolute Gasteiger partial charge is 0.0571 e. The van der Waals surface area contributed by atoms with E-state index in [4.69, 9.17) is 28.9 Å². The Labute approximate surface area is 127 Å². The van der Waals surface area contributed by atoms with Crippen LogP contribution in [-0.2, 0) is 0 Å². The lowest BCUT2D eigenvalue weighted by Gasteiger charge is -2.09. The zero-order chi connectivity index (χ0) is 13.8. The Morgan fingerprint density at radius 1 is 1.26 bits per heavy atom. The lowest BCUT2D eigenvalue weighted by molar-refractivity contribution is 0.674. The van der Waals surface area contributed by atoms with Gasteiger partial charge in [-0.05, 0) is 36.8 Å². The molecule has 0 saturated heterocycles. The number of hydrogen-bond acceptors (Lipinski definition) is 3. The summed E-state index contributed by atoms with van der Waals surface area (Å²) in [5, 5.41) is 1.35. The predicted molar refractivity (Wildman–Crippen MR) is 82.0 cm³/mol. The summed E-state index contributed by atoms with van der Waals surface area (Å²) in [5.74, 6) is 0. The minimum atomic E-state index is -0.00573. The molecular formula is C14H14Cl2N2S. The summed E-state index contributed by atoms with van der Waals surface area (Å²) in [4.78, 5) is 6.31. The Kier molecular flexibility index (Phi) is 5.11. The Hall–Kier alpha value is -0.740. The second-order valence-electron chi connectivity index (χ2n) is 4.11. The summed E-state index contributed by atoms with van der Waals surface area (Å²) >= 11 is 13.6. The monoisotopic (exact) mass is 312 g/mol. The van der Waals surface area contributed by atoms with Gasteiger partial charge < -0.3 is 5.73 Å². The van der Waals surface area contributed by atoms with E-state index >= 15 is 0 Å². The highest BCUT2D eigenvalue weighted by Gasteiger charge is 2.07. The number of nitrogens with two attached hydrogens (primary N) is 1. The molecule has 1 aromatic heterocycles. The van der Waals surface area contributed by atoms with E-state index in [-0.39, 0.29) is 6.04 Å². The van der Waals surface area contributed by atoms with Gasteiger partial charge in [-0.1, -0.05) is 41.9 Å². The van der Waals surface area contributed by atoms with Gasteiger partial charge in [-0.3, -0.25) is 4.98 Å². The molecule has 0 bridgehead atoms. The normalized spacial score (nSPS) is 12.4. The Bertz CT molecular complexity index is 558. The van der Waals surface area contributed by atoms with Crippen molar-refractivity contribution < 1.29 is 0 Å². The highest BCUT2D eigenvalue weighted by molar-refractivity contribution is 7.99. The first kappa shape index (κ1) is 14.7. The van der Waals surface area contributed by atoms with Gasteiger partial charge in [-0.15, -0.1) is 0 Å². The van der Waals surface area contributed by atoms with Crippen LogP contribution in [0.2, 0.25) is 10.0 Å². The standard InChI is InChI=1S/C14H14Cl2N2S/c1-2-12(17)13-6-4-10(8-18-13)19-14-7-9(15)3-5-11(14)16/h3-8,12H,2,17H2,1H3/t12-/m0/s1. The molecule has 0 unspecified atom stereocenters. The zero-order valence-corrected chi connectivity index (χ0v) is 12.8. The van der Waals surface area contributed by atoms with Crippen LogP contribution in [-0.4, -0.2) is 4.98 Å². The average Bonchev–Trinajstić information content (AvgIpc) is 2.43. The molecule has 0 radical (unpaired) electrons. The highest BCUT2D eigenvalue weighted by atomic mass is 35.5. The third kappa shape index (κ3) is 3.86. The van der Waals surface area contributed by atoms with Crippen molar-refractivity contribution in [2.75, 3.05) is 0 Å². The Morgan fingerprint density at radius 2 is 2.05 bits per heavy atom. The van der Waals surface area contributed by atoms with Gasteiger partial charge in [0.1, 0.15) is 0 Å². The van der Waals surface area contributed by atoms with Crippen LogP contribution in [0.1, 0.15) is 25.1 Å². The van der Waals surface area contributed by atoms with Crippen molar-refractivity contribution >= 4 is 35.0 Å². The zero-order valence-electron chi connectivity index (χ0n) is 10.4. The topological polar surface area (TPSA) is 38.9 Å². The summed E-state index contributed by atoms with van der Waals surface area (Å²) in [6.07, 6.45) is 2.69. The van der Waals surface area contributed by atoms with Gasteiger partial charge in [-0.2, -0.15) is 0 Å². The lowest BCUT2D eigenvalue weighted by Crippen LogP contribution is -2.10. The summed E-state index contributed by atoms with van der Waals surface area (Å²) in [6, 6.07) is 9.36. The van der Waals surface area contributed by atoms with E-state index in [2.05, 4.69) is 4.98 Å². The molecule has 0 fully saturated rings. The van der Waals surface area contributed by atoms with Crippen molar-refractivity contribution in [3.63, 3.8) is 0 Å². The van der Waals surface area contributed by atoms with E-state index in [9.17, 15) is 0 Å². The molecule has 2 N–H and O–H groups in total. The SMILES string of the molecule is CC[C@H](N)c1ccc(Sc2cc(Cl)ccc2Cl)cn1. The number of nitrogens with zero attached hydrogens (tertiary/aromatic N) is 1. The van der Waals surface area contributed by atoms with Gasteiger partial charge in [0.15, 0.2) is 0 Å². The molecule has 1 heterocycles.